The van der Waals surface area contributed by atoms with E-state index in [4.69, 9.17) is 5.73 Å². The Morgan fingerprint density at radius 1 is 1.12 bits per heavy atom. The number of aliphatic hydroxyl groups is 1. The maximum atomic E-state index is 9.77. The van der Waals surface area contributed by atoms with Crippen LogP contribution in [0.25, 0.3) is 0 Å². The van der Waals surface area contributed by atoms with Crippen LogP contribution in [-0.2, 0) is 13.1 Å². The molecule has 0 bridgehead atoms. The zero-order chi connectivity index (χ0) is 16.9. The second-order valence-electron chi connectivity index (χ2n) is 6.43. The van der Waals surface area contributed by atoms with Gasteiger partial charge in [-0.25, -0.2) is 9.97 Å². The van der Waals surface area contributed by atoms with Gasteiger partial charge in [0, 0.05) is 18.8 Å². The van der Waals surface area contributed by atoms with E-state index in [9.17, 15) is 10.2 Å². The van der Waals surface area contributed by atoms with E-state index in [1.165, 1.54) is 0 Å². The molecule has 24 heavy (non-hydrogen) atoms. The molecule has 0 unspecified atom stereocenters. The van der Waals surface area contributed by atoms with Gasteiger partial charge in [0.05, 0.1) is 12.6 Å². The van der Waals surface area contributed by atoms with Gasteiger partial charge in [0.2, 0.25) is 0 Å². The molecule has 6 heteroatoms. The average molecular weight is 328 g/mol. The summed E-state index contributed by atoms with van der Waals surface area (Å²) in [5, 5.41) is 19.5. The van der Waals surface area contributed by atoms with Gasteiger partial charge in [-0.05, 0) is 49.4 Å². The van der Waals surface area contributed by atoms with Crippen LogP contribution in [0.2, 0.25) is 0 Å². The number of benzene rings is 1. The molecular weight excluding hydrogens is 304 g/mol. The van der Waals surface area contributed by atoms with E-state index in [1.54, 1.807) is 24.4 Å². The van der Waals surface area contributed by atoms with Crippen LogP contribution in [0.1, 0.15) is 37.1 Å². The number of hydrogen-bond donors (Lipinski definition) is 3. The quantitative estimate of drug-likeness (QED) is 0.778. The number of nitrogen functional groups attached to an aromatic ring is 1. The van der Waals surface area contributed by atoms with Crippen LogP contribution in [0.5, 0.6) is 5.75 Å². The Balaban J connectivity index is 1.77. The van der Waals surface area contributed by atoms with Gasteiger partial charge in [-0.2, -0.15) is 0 Å². The van der Waals surface area contributed by atoms with Crippen LogP contribution < -0.4 is 5.73 Å². The molecule has 4 N–H and O–H groups in total. The van der Waals surface area contributed by atoms with E-state index < -0.39 is 0 Å². The summed E-state index contributed by atoms with van der Waals surface area (Å²) < 4.78 is 0. The molecule has 0 atom stereocenters. The second-order valence-corrected chi connectivity index (χ2v) is 6.43. The Labute approximate surface area is 142 Å². The summed E-state index contributed by atoms with van der Waals surface area (Å²) in [4.78, 5) is 10.9. The highest BCUT2D eigenvalue weighted by Crippen LogP contribution is 2.26. The van der Waals surface area contributed by atoms with E-state index in [0.717, 1.165) is 31.2 Å². The highest BCUT2D eigenvalue weighted by Gasteiger charge is 2.25. The molecule has 1 fully saturated rings. The van der Waals surface area contributed by atoms with Gasteiger partial charge < -0.3 is 15.9 Å². The Kier molecular flexibility index (Phi) is 5.27. The molecule has 1 aromatic carbocycles. The Morgan fingerprint density at radius 3 is 2.62 bits per heavy atom. The predicted molar refractivity (Wildman–Crippen MR) is 92.1 cm³/mol. The number of aliphatic hydroxyl groups excluding tert-OH is 1. The summed E-state index contributed by atoms with van der Waals surface area (Å²) in [6, 6.07) is 9.35. The fourth-order valence-electron chi connectivity index (χ4n) is 3.30. The van der Waals surface area contributed by atoms with Crippen LogP contribution >= 0.6 is 0 Å². The molecule has 2 aromatic rings. The number of hydrogen-bond acceptors (Lipinski definition) is 6. The first-order valence-electron chi connectivity index (χ1n) is 8.37. The van der Waals surface area contributed by atoms with Crippen molar-refractivity contribution in [2.24, 2.45) is 0 Å². The number of aromatic nitrogens is 2. The van der Waals surface area contributed by atoms with E-state index in [1.807, 2.05) is 12.1 Å². The lowest BCUT2D eigenvalue weighted by Gasteiger charge is -2.35. The highest BCUT2D eigenvalue weighted by molar-refractivity contribution is 5.27. The molecule has 1 saturated carbocycles. The van der Waals surface area contributed by atoms with Gasteiger partial charge in [-0.3, -0.25) is 4.90 Å². The average Bonchev–Trinajstić information content (AvgIpc) is 2.55. The van der Waals surface area contributed by atoms with Crippen molar-refractivity contribution in [3.63, 3.8) is 0 Å². The van der Waals surface area contributed by atoms with Gasteiger partial charge in [0.25, 0.3) is 0 Å². The number of rotatable bonds is 5. The van der Waals surface area contributed by atoms with Crippen LogP contribution in [0, 0.1) is 0 Å². The molecule has 1 aliphatic carbocycles. The van der Waals surface area contributed by atoms with Crippen LogP contribution in [0.4, 0.5) is 5.82 Å². The molecule has 6 nitrogen and oxygen atoms in total. The van der Waals surface area contributed by atoms with Gasteiger partial charge in [0.15, 0.2) is 0 Å². The highest BCUT2D eigenvalue weighted by atomic mass is 16.3. The minimum absolute atomic E-state index is 0.188. The number of phenolic OH excluding ortho intramolecular Hbond substituents is 1. The zero-order valence-electron chi connectivity index (χ0n) is 13.7. The van der Waals surface area contributed by atoms with Crippen LogP contribution in [-0.4, -0.2) is 37.2 Å². The molecular formula is C18H24N4O2. The Morgan fingerprint density at radius 2 is 1.92 bits per heavy atom. The predicted octanol–water partition coefficient (Wildman–Crippen LogP) is 2.07. The van der Waals surface area contributed by atoms with Crippen LogP contribution in [0.3, 0.4) is 0 Å². The maximum Gasteiger partial charge on any atom is 0.144 e. The molecule has 128 valence electrons. The van der Waals surface area contributed by atoms with Crippen molar-refractivity contribution in [2.75, 3.05) is 5.73 Å². The number of nitrogens with two attached hydrogens (primary N) is 1. The van der Waals surface area contributed by atoms with Crippen molar-refractivity contribution in [3.05, 3.63) is 47.9 Å². The summed E-state index contributed by atoms with van der Waals surface area (Å²) in [5.41, 5.74) is 6.81. The first-order chi connectivity index (χ1) is 11.6. The first-order valence-corrected chi connectivity index (χ1v) is 8.37. The van der Waals surface area contributed by atoms with Crippen molar-refractivity contribution in [2.45, 2.75) is 50.9 Å². The fraction of sp³-hybridized carbons (Fsp3) is 0.444. The van der Waals surface area contributed by atoms with E-state index >= 15 is 0 Å². The van der Waals surface area contributed by atoms with Crippen molar-refractivity contribution >= 4 is 5.82 Å². The van der Waals surface area contributed by atoms with E-state index in [2.05, 4.69) is 14.9 Å². The smallest absolute Gasteiger partial charge is 0.144 e. The summed E-state index contributed by atoms with van der Waals surface area (Å²) in [5.74, 6) is 1.43. The van der Waals surface area contributed by atoms with Gasteiger partial charge in [0.1, 0.15) is 17.4 Å². The number of aromatic hydroxyl groups is 1. The van der Waals surface area contributed by atoms with Crippen molar-refractivity contribution in [1.29, 1.82) is 0 Å². The van der Waals surface area contributed by atoms with Crippen molar-refractivity contribution < 1.29 is 10.2 Å². The number of nitrogens with zero attached hydrogens (tertiary/aromatic N) is 3. The van der Waals surface area contributed by atoms with Crippen molar-refractivity contribution in [1.82, 2.24) is 14.9 Å². The van der Waals surface area contributed by atoms with E-state index in [-0.39, 0.29) is 11.9 Å². The minimum atomic E-state index is -0.188. The summed E-state index contributed by atoms with van der Waals surface area (Å²) in [6.45, 7) is 1.30. The minimum Gasteiger partial charge on any atom is -0.508 e. The van der Waals surface area contributed by atoms with E-state index in [0.29, 0.717) is 30.8 Å². The fourth-order valence-corrected chi connectivity index (χ4v) is 3.30. The zero-order valence-corrected chi connectivity index (χ0v) is 13.7. The third kappa shape index (κ3) is 4.43. The second kappa shape index (κ2) is 7.59. The molecule has 1 aromatic heterocycles. The topological polar surface area (TPSA) is 95.5 Å². The lowest BCUT2D eigenvalue weighted by atomic mass is 9.91. The third-order valence-corrected chi connectivity index (χ3v) is 4.55. The summed E-state index contributed by atoms with van der Waals surface area (Å²) in [6.07, 6.45) is 5.02. The number of phenols is 1. The molecule has 0 spiro atoms. The molecule has 1 heterocycles. The number of anilines is 1. The molecule has 0 radical (unpaired) electrons. The van der Waals surface area contributed by atoms with Gasteiger partial charge in [-0.1, -0.05) is 12.1 Å². The molecule has 3 rings (SSSR count). The lowest BCUT2D eigenvalue weighted by Crippen LogP contribution is -2.38. The third-order valence-electron chi connectivity index (χ3n) is 4.55. The van der Waals surface area contributed by atoms with Gasteiger partial charge >= 0.3 is 0 Å². The molecule has 0 amide bonds. The maximum absolute atomic E-state index is 9.77. The summed E-state index contributed by atoms with van der Waals surface area (Å²) >= 11 is 0. The Bertz CT molecular complexity index is 624. The largest absolute Gasteiger partial charge is 0.508 e. The van der Waals surface area contributed by atoms with Crippen LogP contribution in [0.15, 0.2) is 36.5 Å². The standard InChI is InChI=1S/C18H24N4O2/c19-17-8-9-20-18(21-17)12-22(14-4-6-15(23)7-5-14)11-13-2-1-3-16(24)10-13/h1-3,8-10,14-15,23-24H,4-7,11-12H2,(H2,19,20,21). The van der Waals surface area contributed by atoms with Crippen molar-refractivity contribution in [3.8, 4) is 5.75 Å². The monoisotopic (exact) mass is 328 g/mol. The molecule has 0 saturated heterocycles. The lowest BCUT2D eigenvalue weighted by molar-refractivity contribution is 0.0653. The van der Waals surface area contributed by atoms with Gasteiger partial charge in [-0.15, -0.1) is 0 Å². The summed E-state index contributed by atoms with van der Waals surface area (Å²) in [7, 11) is 0. The molecule has 0 aliphatic heterocycles. The first kappa shape index (κ1) is 16.7. The SMILES string of the molecule is Nc1ccnc(CN(Cc2cccc(O)c2)C2CCC(O)CC2)n1. The molecule has 1 aliphatic rings. The normalized spacial score (nSPS) is 21.1. The Hall–Kier alpha value is -2.18.